The van der Waals surface area contributed by atoms with Crippen molar-refractivity contribution >= 4 is 17.5 Å². The molecule has 1 amide bonds. The van der Waals surface area contributed by atoms with Crippen LogP contribution < -0.4 is 5.48 Å². The predicted octanol–water partition coefficient (Wildman–Crippen LogP) is 4.54. The number of benzene rings is 1. The standard InChI is InChI=1S/C23H32ClN3O3/c1-17-7-9-18(10-8-17)22(30-3)14-19(23(28)26-29)6-4-5-13-27(2)16-21-12-11-20(24)15-25-21/h7-12,15,19,22,29H,4-6,13-14,16H2,1-3H3,(H,26,28)/t19-,22+/m0/s1. The zero-order valence-electron chi connectivity index (χ0n) is 18.0. The maximum Gasteiger partial charge on any atom is 0.246 e. The van der Waals surface area contributed by atoms with E-state index in [0.717, 1.165) is 37.2 Å². The summed E-state index contributed by atoms with van der Waals surface area (Å²) >= 11 is 5.87. The minimum absolute atomic E-state index is 0.188. The van der Waals surface area contributed by atoms with Crippen molar-refractivity contribution in [3.8, 4) is 0 Å². The van der Waals surface area contributed by atoms with Gasteiger partial charge in [-0.3, -0.25) is 15.0 Å². The van der Waals surface area contributed by atoms with Gasteiger partial charge in [-0.2, -0.15) is 0 Å². The van der Waals surface area contributed by atoms with Crippen LogP contribution in [0.25, 0.3) is 0 Å². The number of carbonyl (C=O) groups excluding carboxylic acids is 1. The molecule has 2 aromatic rings. The minimum Gasteiger partial charge on any atom is -0.377 e. The van der Waals surface area contributed by atoms with Gasteiger partial charge in [-0.1, -0.05) is 47.9 Å². The maximum atomic E-state index is 12.2. The van der Waals surface area contributed by atoms with Crippen molar-refractivity contribution in [2.24, 2.45) is 5.92 Å². The number of aromatic nitrogens is 1. The Hall–Kier alpha value is -1.99. The summed E-state index contributed by atoms with van der Waals surface area (Å²) in [5, 5.41) is 9.80. The lowest BCUT2D eigenvalue weighted by Gasteiger charge is -2.22. The number of unbranched alkanes of at least 4 members (excludes halogenated alkanes) is 1. The molecule has 2 atom stereocenters. The molecule has 2 rings (SSSR count). The molecular formula is C23H32ClN3O3. The second-order valence-corrected chi connectivity index (χ2v) is 8.18. The van der Waals surface area contributed by atoms with Gasteiger partial charge in [0, 0.05) is 25.8 Å². The van der Waals surface area contributed by atoms with E-state index < -0.39 is 0 Å². The van der Waals surface area contributed by atoms with Gasteiger partial charge < -0.3 is 9.64 Å². The molecule has 0 saturated heterocycles. The lowest BCUT2D eigenvalue weighted by atomic mass is 9.91. The third kappa shape index (κ3) is 8.03. The number of hydrogen-bond donors (Lipinski definition) is 2. The predicted molar refractivity (Wildman–Crippen MR) is 118 cm³/mol. The fourth-order valence-electron chi connectivity index (χ4n) is 3.48. The summed E-state index contributed by atoms with van der Waals surface area (Å²) in [7, 11) is 3.70. The summed E-state index contributed by atoms with van der Waals surface area (Å²) in [5.74, 6) is -0.674. The third-order valence-corrected chi connectivity index (χ3v) is 5.50. The molecule has 2 N–H and O–H groups in total. The molecule has 0 fully saturated rings. The van der Waals surface area contributed by atoms with Crippen molar-refractivity contribution in [1.82, 2.24) is 15.4 Å². The van der Waals surface area contributed by atoms with Gasteiger partial charge in [0.2, 0.25) is 5.91 Å². The number of halogens is 1. The second-order valence-electron chi connectivity index (χ2n) is 7.75. The van der Waals surface area contributed by atoms with Crippen molar-refractivity contribution in [2.75, 3.05) is 20.7 Å². The highest BCUT2D eigenvalue weighted by atomic mass is 35.5. The molecule has 0 aliphatic carbocycles. The van der Waals surface area contributed by atoms with Gasteiger partial charge in [-0.25, -0.2) is 5.48 Å². The van der Waals surface area contributed by atoms with Crippen molar-refractivity contribution in [3.63, 3.8) is 0 Å². The van der Waals surface area contributed by atoms with Crippen LogP contribution in [0.15, 0.2) is 42.6 Å². The Bertz CT molecular complexity index is 768. The Morgan fingerprint density at radius 3 is 2.57 bits per heavy atom. The number of hydrogen-bond acceptors (Lipinski definition) is 5. The molecule has 0 unspecified atom stereocenters. The molecule has 6 nitrogen and oxygen atoms in total. The number of nitrogens with one attached hydrogen (secondary N) is 1. The summed E-state index contributed by atoms with van der Waals surface area (Å²) < 4.78 is 5.63. The number of amides is 1. The number of methoxy groups -OCH3 is 1. The average Bonchev–Trinajstić information content (AvgIpc) is 2.75. The van der Waals surface area contributed by atoms with Crippen molar-refractivity contribution in [3.05, 3.63) is 64.4 Å². The average molecular weight is 434 g/mol. The van der Waals surface area contributed by atoms with E-state index in [1.54, 1.807) is 13.3 Å². The first-order valence-electron chi connectivity index (χ1n) is 10.2. The molecule has 0 bridgehead atoms. The van der Waals surface area contributed by atoms with Crippen LogP contribution in [0.2, 0.25) is 5.02 Å². The summed E-state index contributed by atoms with van der Waals surface area (Å²) in [6, 6.07) is 11.9. The van der Waals surface area contributed by atoms with Crippen LogP contribution >= 0.6 is 11.6 Å². The van der Waals surface area contributed by atoms with Crippen LogP contribution in [0, 0.1) is 12.8 Å². The first-order chi connectivity index (χ1) is 14.4. The molecule has 1 aromatic carbocycles. The molecule has 1 heterocycles. The van der Waals surface area contributed by atoms with E-state index in [4.69, 9.17) is 21.5 Å². The minimum atomic E-state index is -0.358. The van der Waals surface area contributed by atoms with Gasteiger partial charge in [0.05, 0.1) is 16.8 Å². The largest absolute Gasteiger partial charge is 0.377 e. The van der Waals surface area contributed by atoms with Crippen LogP contribution in [-0.4, -0.2) is 41.7 Å². The number of pyridine rings is 1. The smallest absolute Gasteiger partial charge is 0.246 e. The lowest BCUT2D eigenvalue weighted by molar-refractivity contribution is -0.135. The number of ether oxygens (including phenoxy) is 1. The number of hydroxylamine groups is 1. The fraction of sp³-hybridized carbons (Fsp3) is 0.478. The monoisotopic (exact) mass is 433 g/mol. The van der Waals surface area contributed by atoms with E-state index >= 15 is 0 Å². The second kappa shape index (κ2) is 12.6. The molecule has 0 aliphatic heterocycles. The van der Waals surface area contributed by atoms with E-state index in [0.29, 0.717) is 17.9 Å². The summed E-state index contributed by atoms with van der Waals surface area (Å²) in [6.07, 6.45) is 4.50. The van der Waals surface area contributed by atoms with Gasteiger partial charge >= 0.3 is 0 Å². The van der Waals surface area contributed by atoms with Crippen LogP contribution in [0.5, 0.6) is 0 Å². The van der Waals surface area contributed by atoms with Gasteiger partial charge in [-0.05, 0) is 57.5 Å². The summed E-state index contributed by atoms with van der Waals surface area (Å²) in [4.78, 5) is 18.7. The van der Waals surface area contributed by atoms with E-state index in [1.165, 1.54) is 5.56 Å². The quantitative estimate of drug-likeness (QED) is 0.292. The number of carbonyl (C=O) groups is 1. The van der Waals surface area contributed by atoms with Crippen molar-refractivity contribution in [2.45, 2.75) is 45.3 Å². The molecule has 0 radical (unpaired) electrons. The van der Waals surface area contributed by atoms with Crippen LogP contribution in [-0.2, 0) is 16.1 Å². The van der Waals surface area contributed by atoms with Gasteiger partial charge in [0.25, 0.3) is 0 Å². The molecule has 0 spiro atoms. The van der Waals surface area contributed by atoms with Crippen LogP contribution in [0.4, 0.5) is 0 Å². The zero-order valence-corrected chi connectivity index (χ0v) is 18.7. The molecule has 164 valence electrons. The molecule has 7 heteroatoms. The Morgan fingerprint density at radius 2 is 1.97 bits per heavy atom. The highest BCUT2D eigenvalue weighted by molar-refractivity contribution is 6.30. The van der Waals surface area contributed by atoms with Crippen LogP contribution in [0.3, 0.4) is 0 Å². The lowest BCUT2D eigenvalue weighted by Crippen LogP contribution is -2.29. The Balaban J connectivity index is 1.83. The van der Waals surface area contributed by atoms with E-state index in [9.17, 15) is 4.79 Å². The van der Waals surface area contributed by atoms with Crippen molar-refractivity contribution < 1.29 is 14.7 Å². The first kappa shape index (κ1) is 24.3. The molecule has 30 heavy (non-hydrogen) atoms. The van der Waals surface area contributed by atoms with Gasteiger partial charge in [0.1, 0.15) is 0 Å². The maximum absolute atomic E-state index is 12.2. The molecular weight excluding hydrogens is 402 g/mol. The number of nitrogens with zero attached hydrogens (tertiary/aromatic N) is 2. The highest BCUT2D eigenvalue weighted by Crippen LogP contribution is 2.28. The molecule has 0 aliphatic rings. The zero-order chi connectivity index (χ0) is 21.9. The van der Waals surface area contributed by atoms with Crippen molar-refractivity contribution in [1.29, 1.82) is 0 Å². The van der Waals surface area contributed by atoms with E-state index in [2.05, 4.69) is 9.88 Å². The highest BCUT2D eigenvalue weighted by Gasteiger charge is 2.23. The number of aryl methyl sites for hydroxylation is 1. The first-order valence-corrected chi connectivity index (χ1v) is 10.6. The molecule has 1 aromatic heterocycles. The summed E-state index contributed by atoms with van der Waals surface area (Å²) in [5.41, 5.74) is 5.00. The topological polar surface area (TPSA) is 74.7 Å². The normalized spacial score (nSPS) is 13.3. The SMILES string of the molecule is CO[C@H](C[C@H](CCCCN(C)Cc1ccc(Cl)cn1)C(=O)NO)c1ccc(C)cc1. The number of rotatable bonds is 12. The van der Waals surface area contributed by atoms with Gasteiger partial charge in [0.15, 0.2) is 0 Å². The van der Waals surface area contributed by atoms with E-state index in [-0.39, 0.29) is 17.9 Å². The van der Waals surface area contributed by atoms with E-state index in [1.807, 2.05) is 55.8 Å². The summed E-state index contributed by atoms with van der Waals surface area (Å²) in [6.45, 7) is 3.67. The third-order valence-electron chi connectivity index (χ3n) is 5.28. The Kier molecular flexibility index (Phi) is 10.2. The fourth-order valence-corrected chi connectivity index (χ4v) is 3.60. The Morgan fingerprint density at radius 1 is 1.23 bits per heavy atom. The van der Waals surface area contributed by atoms with Crippen LogP contribution in [0.1, 0.15) is 48.6 Å². The Labute approximate surface area is 184 Å². The van der Waals surface area contributed by atoms with Gasteiger partial charge in [-0.15, -0.1) is 0 Å². The molecule has 0 saturated carbocycles.